The molecule has 1 aliphatic rings. The molecule has 2 heterocycles. The van der Waals surface area contributed by atoms with Crippen molar-refractivity contribution in [3.8, 4) is 11.4 Å². The van der Waals surface area contributed by atoms with Gasteiger partial charge in [0, 0.05) is 24.0 Å². The van der Waals surface area contributed by atoms with Crippen molar-refractivity contribution in [3.63, 3.8) is 0 Å². The average molecular weight is 347 g/mol. The van der Waals surface area contributed by atoms with E-state index in [9.17, 15) is 4.79 Å². The Balaban J connectivity index is 1.79. The first kappa shape index (κ1) is 16.5. The number of fused-ring (bicyclic) bond motifs is 1. The highest BCUT2D eigenvalue weighted by atomic mass is 16.5. The van der Waals surface area contributed by atoms with Crippen molar-refractivity contribution in [1.82, 2.24) is 9.97 Å². The molecular weight excluding hydrogens is 326 g/mol. The fraction of sp³-hybridized carbons (Fsp3) is 0.286. The van der Waals surface area contributed by atoms with E-state index in [0.717, 1.165) is 41.7 Å². The monoisotopic (exact) mass is 347 g/mol. The Bertz CT molecular complexity index is 927. The molecule has 1 fully saturated rings. The van der Waals surface area contributed by atoms with Gasteiger partial charge in [-0.3, -0.25) is 4.79 Å². The summed E-state index contributed by atoms with van der Waals surface area (Å²) in [5.74, 6) is 1.35. The number of carbonyl (C=O) groups is 1. The second-order valence-electron chi connectivity index (χ2n) is 6.56. The lowest BCUT2D eigenvalue weighted by atomic mass is 9.98. The van der Waals surface area contributed by atoms with E-state index >= 15 is 0 Å². The zero-order chi connectivity index (χ0) is 17.9. The predicted octanol–water partition coefficient (Wildman–Crippen LogP) is 3.69. The SMILES string of the molecule is COC(=O)[C@H]1CCCN(c2nc(-c3ccccc3)nc3ccccc23)C1. The Morgan fingerprint density at radius 2 is 1.85 bits per heavy atom. The smallest absolute Gasteiger partial charge is 0.310 e. The van der Waals surface area contributed by atoms with E-state index in [-0.39, 0.29) is 11.9 Å². The number of rotatable bonds is 3. The fourth-order valence-corrected chi connectivity index (χ4v) is 3.55. The fourth-order valence-electron chi connectivity index (χ4n) is 3.55. The second-order valence-corrected chi connectivity index (χ2v) is 6.56. The van der Waals surface area contributed by atoms with Crippen LogP contribution in [0.3, 0.4) is 0 Å². The highest BCUT2D eigenvalue weighted by Crippen LogP contribution is 2.30. The molecule has 1 aromatic heterocycles. The first-order chi connectivity index (χ1) is 12.8. The van der Waals surface area contributed by atoms with Gasteiger partial charge in [-0.15, -0.1) is 0 Å². The molecule has 1 aliphatic heterocycles. The van der Waals surface area contributed by atoms with Crippen LogP contribution in [-0.4, -0.2) is 36.1 Å². The van der Waals surface area contributed by atoms with Crippen LogP contribution in [0.4, 0.5) is 5.82 Å². The third-order valence-electron chi connectivity index (χ3n) is 4.87. The van der Waals surface area contributed by atoms with Crippen LogP contribution in [0, 0.1) is 5.92 Å². The number of para-hydroxylation sites is 1. The lowest BCUT2D eigenvalue weighted by Gasteiger charge is -2.33. The molecule has 0 aliphatic carbocycles. The molecule has 3 aromatic rings. The summed E-state index contributed by atoms with van der Waals surface area (Å²) in [7, 11) is 1.45. The molecule has 2 aromatic carbocycles. The van der Waals surface area contributed by atoms with Crippen molar-refractivity contribution in [1.29, 1.82) is 0 Å². The van der Waals surface area contributed by atoms with Gasteiger partial charge < -0.3 is 9.64 Å². The van der Waals surface area contributed by atoms with Crippen molar-refractivity contribution in [2.75, 3.05) is 25.1 Å². The minimum Gasteiger partial charge on any atom is -0.469 e. The molecule has 132 valence electrons. The number of ether oxygens (including phenoxy) is 1. The number of piperidine rings is 1. The van der Waals surface area contributed by atoms with Crippen LogP contribution < -0.4 is 4.90 Å². The first-order valence-corrected chi connectivity index (χ1v) is 8.91. The van der Waals surface area contributed by atoms with E-state index in [0.29, 0.717) is 12.4 Å². The molecule has 0 bridgehead atoms. The van der Waals surface area contributed by atoms with E-state index in [4.69, 9.17) is 14.7 Å². The zero-order valence-electron chi connectivity index (χ0n) is 14.8. The average Bonchev–Trinajstić information content (AvgIpc) is 2.73. The molecular formula is C21H21N3O2. The number of esters is 1. The van der Waals surface area contributed by atoms with E-state index in [1.165, 1.54) is 7.11 Å². The van der Waals surface area contributed by atoms with Crippen LogP contribution >= 0.6 is 0 Å². The van der Waals surface area contributed by atoms with Gasteiger partial charge in [-0.2, -0.15) is 0 Å². The Labute approximate surface area is 152 Å². The topological polar surface area (TPSA) is 55.3 Å². The van der Waals surface area contributed by atoms with Crippen molar-refractivity contribution in [2.24, 2.45) is 5.92 Å². The van der Waals surface area contributed by atoms with Crippen LogP contribution in [0.2, 0.25) is 0 Å². The molecule has 4 rings (SSSR count). The third kappa shape index (κ3) is 3.12. The standard InChI is InChI=1S/C21H21N3O2/c1-26-21(25)16-10-7-13-24(14-16)20-17-11-5-6-12-18(17)22-19(23-20)15-8-3-2-4-9-15/h2-6,8-9,11-12,16H,7,10,13-14H2,1H3/t16-/m0/s1. The van der Waals surface area contributed by atoms with Crippen LogP contribution in [0.15, 0.2) is 54.6 Å². The maximum atomic E-state index is 12.0. The molecule has 0 unspecified atom stereocenters. The van der Waals surface area contributed by atoms with E-state index in [1.807, 2.05) is 54.6 Å². The molecule has 1 atom stereocenters. The summed E-state index contributed by atoms with van der Waals surface area (Å²) in [6.45, 7) is 1.50. The number of benzene rings is 2. The highest BCUT2D eigenvalue weighted by Gasteiger charge is 2.28. The molecule has 0 amide bonds. The predicted molar refractivity (Wildman–Crippen MR) is 102 cm³/mol. The van der Waals surface area contributed by atoms with Gasteiger partial charge in [0.05, 0.1) is 18.5 Å². The summed E-state index contributed by atoms with van der Waals surface area (Å²) < 4.78 is 4.96. The maximum Gasteiger partial charge on any atom is 0.310 e. The van der Waals surface area contributed by atoms with Gasteiger partial charge in [-0.05, 0) is 25.0 Å². The number of aromatic nitrogens is 2. The minimum absolute atomic E-state index is 0.109. The van der Waals surface area contributed by atoms with E-state index in [2.05, 4.69) is 4.90 Å². The summed E-state index contributed by atoms with van der Waals surface area (Å²) in [5, 5.41) is 1.01. The van der Waals surface area contributed by atoms with Crippen LogP contribution in [-0.2, 0) is 9.53 Å². The molecule has 26 heavy (non-hydrogen) atoms. The number of anilines is 1. The Morgan fingerprint density at radius 1 is 1.08 bits per heavy atom. The number of hydrogen-bond acceptors (Lipinski definition) is 5. The summed E-state index contributed by atoms with van der Waals surface area (Å²) >= 11 is 0. The van der Waals surface area contributed by atoms with Crippen LogP contribution in [0.1, 0.15) is 12.8 Å². The summed E-state index contributed by atoms with van der Waals surface area (Å²) in [4.78, 5) is 23.8. The highest BCUT2D eigenvalue weighted by molar-refractivity contribution is 5.91. The number of carbonyl (C=O) groups excluding carboxylic acids is 1. The molecule has 5 heteroatoms. The van der Waals surface area contributed by atoms with Crippen molar-refractivity contribution < 1.29 is 9.53 Å². The lowest BCUT2D eigenvalue weighted by molar-refractivity contribution is -0.145. The quantitative estimate of drug-likeness (QED) is 0.677. The van der Waals surface area contributed by atoms with Crippen molar-refractivity contribution in [2.45, 2.75) is 12.8 Å². The third-order valence-corrected chi connectivity index (χ3v) is 4.87. The van der Waals surface area contributed by atoms with Crippen molar-refractivity contribution >= 4 is 22.7 Å². The van der Waals surface area contributed by atoms with Gasteiger partial charge >= 0.3 is 5.97 Å². The van der Waals surface area contributed by atoms with Gasteiger partial charge in [-0.1, -0.05) is 42.5 Å². The van der Waals surface area contributed by atoms with Crippen LogP contribution in [0.25, 0.3) is 22.3 Å². The van der Waals surface area contributed by atoms with Gasteiger partial charge in [0.15, 0.2) is 5.82 Å². The zero-order valence-corrected chi connectivity index (χ0v) is 14.8. The largest absolute Gasteiger partial charge is 0.469 e. The van der Waals surface area contributed by atoms with E-state index < -0.39 is 0 Å². The Kier molecular flexibility index (Phi) is 4.52. The molecule has 5 nitrogen and oxygen atoms in total. The van der Waals surface area contributed by atoms with Gasteiger partial charge in [0.1, 0.15) is 5.82 Å². The first-order valence-electron chi connectivity index (χ1n) is 8.91. The van der Waals surface area contributed by atoms with Gasteiger partial charge in [0.25, 0.3) is 0 Å². The minimum atomic E-state index is -0.142. The maximum absolute atomic E-state index is 12.0. The molecule has 0 saturated carbocycles. The molecule has 0 spiro atoms. The van der Waals surface area contributed by atoms with Crippen molar-refractivity contribution in [3.05, 3.63) is 54.6 Å². The van der Waals surface area contributed by atoms with Gasteiger partial charge in [-0.25, -0.2) is 9.97 Å². The number of hydrogen-bond donors (Lipinski definition) is 0. The normalized spacial score (nSPS) is 17.3. The summed E-state index contributed by atoms with van der Waals surface area (Å²) in [5.41, 5.74) is 1.90. The lowest BCUT2D eigenvalue weighted by Crippen LogP contribution is -2.39. The number of methoxy groups -OCH3 is 1. The Morgan fingerprint density at radius 3 is 2.65 bits per heavy atom. The molecule has 1 saturated heterocycles. The Hall–Kier alpha value is -2.95. The molecule has 0 N–H and O–H groups in total. The number of nitrogens with zero attached hydrogens (tertiary/aromatic N) is 3. The molecule has 0 radical (unpaired) electrons. The van der Waals surface area contributed by atoms with Crippen LogP contribution in [0.5, 0.6) is 0 Å². The van der Waals surface area contributed by atoms with Gasteiger partial charge in [0.2, 0.25) is 0 Å². The second kappa shape index (κ2) is 7.12. The summed E-state index contributed by atoms with van der Waals surface area (Å²) in [6.07, 6.45) is 1.80. The summed E-state index contributed by atoms with van der Waals surface area (Å²) in [6, 6.07) is 18.0. The van der Waals surface area contributed by atoms with E-state index in [1.54, 1.807) is 0 Å².